The summed E-state index contributed by atoms with van der Waals surface area (Å²) in [5.74, 6) is 1.02. The second kappa shape index (κ2) is 9.39. The molecule has 0 spiro atoms. The van der Waals surface area contributed by atoms with Crippen molar-refractivity contribution in [2.45, 2.75) is 25.8 Å². The number of pyridine rings is 1. The Bertz CT molecular complexity index is 1010. The number of hydrogen-bond acceptors (Lipinski definition) is 4. The SMILES string of the molecule is COc1ccc(-c2cc(-c3cccnc3)n(CCNC(=O)C3CC=CCC3)n2)cc1. The van der Waals surface area contributed by atoms with E-state index in [4.69, 9.17) is 9.84 Å². The maximum Gasteiger partial charge on any atom is 0.223 e. The minimum Gasteiger partial charge on any atom is -0.497 e. The first kappa shape index (κ1) is 19.9. The molecule has 0 fully saturated rings. The lowest BCUT2D eigenvalue weighted by Gasteiger charge is -2.17. The van der Waals surface area contributed by atoms with Gasteiger partial charge in [-0.2, -0.15) is 5.10 Å². The van der Waals surface area contributed by atoms with Crippen LogP contribution in [0.15, 0.2) is 67.0 Å². The number of nitrogens with zero attached hydrogens (tertiary/aromatic N) is 3. The first-order chi connectivity index (χ1) is 14.7. The smallest absolute Gasteiger partial charge is 0.223 e. The second-order valence-electron chi connectivity index (χ2n) is 7.38. The molecule has 4 rings (SSSR count). The van der Waals surface area contributed by atoms with Gasteiger partial charge in [-0.3, -0.25) is 14.5 Å². The highest BCUT2D eigenvalue weighted by molar-refractivity contribution is 5.79. The average Bonchev–Trinajstić information content (AvgIpc) is 3.24. The molecule has 1 N–H and O–H groups in total. The minimum atomic E-state index is 0.0836. The van der Waals surface area contributed by atoms with Gasteiger partial charge >= 0.3 is 0 Å². The summed E-state index contributed by atoms with van der Waals surface area (Å²) in [4.78, 5) is 16.7. The quantitative estimate of drug-likeness (QED) is 0.604. The predicted molar refractivity (Wildman–Crippen MR) is 117 cm³/mol. The molecule has 30 heavy (non-hydrogen) atoms. The number of nitrogens with one attached hydrogen (secondary N) is 1. The van der Waals surface area contributed by atoms with Gasteiger partial charge in [-0.25, -0.2) is 0 Å². The number of hydrogen-bond donors (Lipinski definition) is 1. The number of amides is 1. The summed E-state index contributed by atoms with van der Waals surface area (Å²) >= 11 is 0. The van der Waals surface area contributed by atoms with Crippen molar-refractivity contribution in [2.24, 2.45) is 5.92 Å². The Balaban J connectivity index is 1.52. The van der Waals surface area contributed by atoms with Crippen LogP contribution in [0.4, 0.5) is 0 Å². The Kier molecular flexibility index (Phi) is 6.23. The first-order valence-corrected chi connectivity index (χ1v) is 10.3. The van der Waals surface area contributed by atoms with Crippen LogP contribution in [-0.2, 0) is 11.3 Å². The van der Waals surface area contributed by atoms with Crippen LogP contribution in [0, 0.1) is 5.92 Å². The third kappa shape index (κ3) is 4.59. The van der Waals surface area contributed by atoms with Gasteiger partial charge < -0.3 is 10.1 Å². The summed E-state index contributed by atoms with van der Waals surface area (Å²) in [6.07, 6.45) is 10.6. The molecule has 2 aromatic heterocycles. The molecule has 1 unspecified atom stereocenters. The van der Waals surface area contributed by atoms with Crippen LogP contribution >= 0.6 is 0 Å². The molecule has 0 bridgehead atoms. The Morgan fingerprint density at radius 2 is 2.07 bits per heavy atom. The lowest BCUT2D eigenvalue weighted by atomic mass is 9.94. The summed E-state index contributed by atoms with van der Waals surface area (Å²) in [6.45, 7) is 1.13. The normalized spacial score (nSPS) is 15.7. The van der Waals surface area contributed by atoms with Crippen LogP contribution in [-0.4, -0.2) is 34.3 Å². The van der Waals surface area contributed by atoms with E-state index in [0.717, 1.165) is 47.5 Å². The summed E-state index contributed by atoms with van der Waals surface area (Å²) in [5, 5.41) is 7.89. The number of carbonyl (C=O) groups excluding carboxylic acids is 1. The van der Waals surface area contributed by atoms with E-state index in [2.05, 4.69) is 28.5 Å². The van der Waals surface area contributed by atoms with E-state index in [1.165, 1.54) is 0 Å². The highest BCUT2D eigenvalue weighted by Gasteiger charge is 2.18. The van der Waals surface area contributed by atoms with Crippen LogP contribution < -0.4 is 10.1 Å². The fraction of sp³-hybridized carbons (Fsp3) is 0.292. The van der Waals surface area contributed by atoms with E-state index in [1.807, 2.05) is 47.3 Å². The van der Waals surface area contributed by atoms with Gasteiger partial charge in [0.05, 0.1) is 25.0 Å². The van der Waals surface area contributed by atoms with E-state index in [-0.39, 0.29) is 11.8 Å². The van der Waals surface area contributed by atoms with E-state index in [9.17, 15) is 4.79 Å². The van der Waals surface area contributed by atoms with E-state index in [1.54, 1.807) is 13.3 Å². The van der Waals surface area contributed by atoms with Crippen LogP contribution in [0.5, 0.6) is 5.75 Å². The van der Waals surface area contributed by atoms with Gasteiger partial charge in [-0.1, -0.05) is 12.2 Å². The van der Waals surface area contributed by atoms with Crippen LogP contribution in [0.1, 0.15) is 19.3 Å². The lowest BCUT2D eigenvalue weighted by molar-refractivity contribution is -0.125. The van der Waals surface area contributed by atoms with Crippen LogP contribution in [0.2, 0.25) is 0 Å². The summed E-state index contributed by atoms with van der Waals surface area (Å²) in [6, 6.07) is 13.8. The number of rotatable bonds is 7. The zero-order chi connectivity index (χ0) is 20.8. The Hall–Kier alpha value is -3.41. The van der Waals surface area contributed by atoms with Crippen molar-refractivity contribution in [3.63, 3.8) is 0 Å². The molecule has 6 nitrogen and oxygen atoms in total. The zero-order valence-electron chi connectivity index (χ0n) is 17.1. The number of allylic oxidation sites excluding steroid dienone is 2. The first-order valence-electron chi connectivity index (χ1n) is 10.3. The topological polar surface area (TPSA) is 69.0 Å². The molecule has 1 amide bonds. The monoisotopic (exact) mass is 402 g/mol. The Morgan fingerprint density at radius 1 is 1.20 bits per heavy atom. The fourth-order valence-corrected chi connectivity index (χ4v) is 3.70. The molecule has 3 aromatic rings. The molecule has 154 valence electrons. The van der Waals surface area contributed by atoms with E-state index < -0.39 is 0 Å². The number of benzene rings is 1. The third-order valence-electron chi connectivity index (χ3n) is 5.39. The molecule has 0 saturated heterocycles. The molecule has 1 aromatic carbocycles. The predicted octanol–water partition coefficient (Wildman–Crippen LogP) is 4.09. The molecule has 1 atom stereocenters. The van der Waals surface area contributed by atoms with Gasteiger partial charge in [-0.15, -0.1) is 0 Å². The highest BCUT2D eigenvalue weighted by Crippen LogP contribution is 2.27. The lowest BCUT2D eigenvalue weighted by Crippen LogP contribution is -2.33. The van der Waals surface area contributed by atoms with Gasteiger partial charge in [-0.05, 0) is 61.7 Å². The second-order valence-corrected chi connectivity index (χ2v) is 7.38. The van der Waals surface area contributed by atoms with Gasteiger partial charge in [0, 0.05) is 36.0 Å². The largest absolute Gasteiger partial charge is 0.497 e. The fourth-order valence-electron chi connectivity index (χ4n) is 3.70. The van der Waals surface area contributed by atoms with Crippen molar-refractivity contribution in [3.05, 3.63) is 67.0 Å². The molecular weight excluding hydrogens is 376 g/mol. The Morgan fingerprint density at radius 3 is 2.77 bits per heavy atom. The zero-order valence-corrected chi connectivity index (χ0v) is 17.1. The molecule has 0 radical (unpaired) electrons. The summed E-state index contributed by atoms with van der Waals surface area (Å²) < 4.78 is 7.19. The van der Waals surface area contributed by atoms with Crippen molar-refractivity contribution in [3.8, 4) is 28.3 Å². The summed E-state index contributed by atoms with van der Waals surface area (Å²) in [7, 11) is 1.65. The van der Waals surface area contributed by atoms with Crippen molar-refractivity contribution >= 4 is 5.91 Å². The average molecular weight is 402 g/mol. The number of aromatic nitrogens is 3. The van der Waals surface area contributed by atoms with Crippen molar-refractivity contribution in [1.29, 1.82) is 0 Å². The molecule has 0 aliphatic heterocycles. The van der Waals surface area contributed by atoms with Crippen LogP contribution in [0.3, 0.4) is 0 Å². The number of methoxy groups -OCH3 is 1. The molecule has 6 heteroatoms. The highest BCUT2D eigenvalue weighted by atomic mass is 16.5. The Labute approximate surface area is 176 Å². The summed E-state index contributed by atoms with van der Waals surface area (Å²) in [5.41, 5.74) is 3.86. The maximum atomic E-state index is 12.4. The number of ether oxygens (including phenoxy) is 1. The van der Waals surface area contributed by atoms with Gasteiger partial charge in [0.15, 0.2) is 0 Å². The molecule has 0 saturated carbocycles. The molecular formula is C24H26N4O2. The van der Waals surface area contributed by atoms with Crippen molar-refractivity contribution < 1.29 is 9.53 Å². The van der Waals surface area contributed by atoms with E-state index >= 15 is 0 Å². The number of carbonyl (C=O) groups is 1. The van der Waals surface area contributed by atoms with Gasteiger partial charge in [0.2, 0.25) is 5.91 Å². The standard InChI is InChI=1S/C24H26N4O2/c1-30-21-11-9-18(10-12-21)22-16-23(20-8-5-13-25-17-20)28(27-22)15-14-26-24(29)19-6-3-2-4-7-19/h2-3,5,8-13,16-17,19H,4,6-7,14-15H2,1H3,(H,26,29). The minimum absolute atomic E-state index is 0.0836. The van der Waals surface area contributed by atoms with E-state index in [0.29, 0.717) is 13.1 Å². The van der Waals surface area contributed by atoms with Crippen LogP contribution in [0.25, 0.3) is 22.5 Å². The molecule has 1 aliphatic rings. The van der Waals surface area contributed by atoms with Gasteiger partial charge in [0.1, 0.15) is 5.75 Å². The van der Waals surface area contributed by atoms with Crippen molar-refractivity contribution in [2.75, 3.05) is 13.7 Å². The maximum absolute atomic E-state index is 12.4. The van der Waals surface area contributed by atoms with Crippen molar-refractivity contribution in [1.82, 2.24) is 20.1 Å². The third-order valence-corrected chi connectivity index (χ3v) is 5.39. The molecule has 1 aliphatic carbocycles. The molecule has 2 heterocycles. The van der Waals surface area contributed by atoms with Gasteiger partial charge in [0.25, 0.3) is 0 Å².